The summed E-state index contributed by atoms with van der Waals surface area (Å²) in [6, 6.07) is 1.68. The zero-order valence-electron chi connectivity index (χ0n) is 11.3. The van der Waals surface area contributed by atoms with Gasteiger partial charge in [0.2, 0.25) is 11.5 Å². The molecule has 2 aliphatic rings. The molecule has 0 fully saturated rings. The number of aromatic nitrogens is 1. The van der Waals surface area contributed by atoms with Crippen molar-refractivity contribution in [3.05, 3.63) is 40.4 Å². The van der Waals surface area contributed by atoms with Crippen molar-refractivity contribution in [2.24, 2.45) is 0 Å². The van der Waals surface area contributed by atoms with Gasteiger partial charge in [0, 0.05) is 18.6 Å². The third kappa shape index (κ3) is 1.29. The topological polar surface area (TPSA) is 28.2 Å². The van der Waals surface area contributed by atoms with E-state index in [2.05, 4.69) is 0 Å². The van der Waals surface area contributed by atoms with E-state index in [1.165, 1.54) is 0 Å². The van der Waals surface area contributed by atoms with Gasteiger partial charge < -0.3 is 22.7 Å². The van der Waals surface area contributed by atoms with Crippen molar-refractivity contribution in [2.75, 3.05) is 0 Å². The molecule has 0 amide bonds. The maximum absolute atomic E-state index is 14.8. The second-order valence-corrected chi connectivity index (χ2v) is 5.31. The lowest BCUT2D eigenvalue weighted by Crippen LogP contribution is -2.51. The highest BCUT2D eigenvalue weighted by Crippen LogP contribution is 2.39. The van der Waals surface area contributed by atoms with Crippen molar-refractivity contribution < 1.29 is 18.2 Å². The van der Waals surface area contributed by atoms with Crippen LogP contribution in [0.3, 0.4) is 0 Å². The molecule has 1 aromatic rings. The van der Waals surface area contributed by atoms with Gasteiger partial charge >= 0.3 is 6.97 Å². The van der Waals surface area contributed by atoms with Gasteiger partial charge in [0.05, 0.1) is 5.69 Å². The fourth-order valence-electron chi connectivity index (χ4n) is 3.27. The number of hydrogen-bond acceptors (Lipinski definition) is 1. The van der Waals surface area contributed by atoms with Crippen molar-refractivity contribution in [1.82, 2.24) is 4.48 Å². The van der Waals surface area contributed by atoms with E-state index >= 15 is 0 Å². The average Bonchev–Trinajstić information content (AvgIpc) is 2.74. The molecular weight excluding hydrogens is 249 g/mol. The van der Waals surface area contributed by atoms with E-state index in [1.54, 1.807) is 39.8 Å². The number of allylic oxidation sites excluding steroid dienone is 2. The number of fused-ring (bicyclic) bond motifs is 2. The fourth-order valence-corrected chi connectivity index (χ4v) is 3.27. The SMILES string of the molecule is CC1=CC(C)=[N+]2C1=C(O)c1c(C)cc(C)n1[B-]2(F)F. The van der Waals surface area contributed by atoms with E-state index in [-0.39, 0.29) is 17.2 Å². The molecule has 0 aromatic carbocycles. The van der Waals surface area contributed by atoms with Crippen LogP contribution in [0.4, 0.5) is 8.63 Å². The molecule has 19 heavy (non-hydrogen) atoms. The quantitative estimate of drug-likeness (QED) is 0.717. The summed E-state index contributed by atoms with van der Waals surface area (Å²) in [6.07, 6.45) is 1.68. The Bertz CT molecular complexity index is 710. The minimum Gasteiger partial charge on any atom is -0.501 e. The van der Waals surface area contributed by atoms with Crippen molar-refractivity contribution in [3.63, 3.8) is 0 Å². The maximum atomic E-state index is 14.8. The standard InChI is InChI=1S/C13H15BF2N2O/c1-7-5-9(3)17-11(7)13(19)12-8(2)6-10(4)18(12)14(17,15)16/h5-6,19H,1-4H3. The van der Waals surface area contributed by atoms with Crippen LogP contribution in [0.2, 0.25) is 0 Å². The first-order valence-electron chi connectivity index (χ1n) is 6.23. The van der Waals surface area contributed by atoms with E-state index in [0.717, 1.165) is 8.96 Å². The van der Waals surface area contributed by atoms with Crippen LogP contribution >= 0.6 is 0 Å². The Labute approximate surface area is 110 Å². The average molecular weight is 264 g/mol. The summed E-state index contributed by atoms with van der Waals surface area (Å²) < 4.78 is 31.5. The highest BCUT2D eigenvalue weighted by atomic mass is 19.2. The number of halogens is 2. The fraction of sp³-hybridized carbons (Fsp3) is 0.308. The van der Waals surface area contributed by atoms with E-state index in [0.29, 0.717) is 22.5 Å². The van der Waals surface area contributed by atoms with Crippen LogP contribution in [0.15, 0.2) is 23.4 Å². The van der Waals surface area contributed by atoms with Crippen LogP contribution in [0, 0.1) is 13.8 Å². The largest absolute Gasteiger partial charge is 0.737 e. The van der Waals surface area contributed by atoms with E-state index in [1.807, 2.05) is 0 Å². The molecule has 3 nitrogen and oxygen atoms in total. The summed E-state index contributed by atoms with van der Waals surface area (Å²) in [6.45, 7) is 2.79. The number of aliphatic hydroxyl groups excluding tert-OH is 1. The number of hydrogen-bond donors (Lipinski definition) is 1. The smallest absolute Gasteiger partial charge is 0.501 e. The lowest BCUT2D eigenvalue weighted by atomic mass is 9.89. The Balaban J connectivity index is 2.47. The first kappa shape index (κ1) is 12.2. The summed E-state index contributed by atoms with van der Waals surface area (Å²) in [5, 5.41) is 10.4. The molecule has 3 rings (SSSR count). The van der Waals surface area contributed by atoms with Crippen LogP contribution in [-0.4, -0.2) is 26.8 Å². The zero-order chi connectivity index (χ0) is 14.1. The van der Waals surface area contributed by atoms with Gasteiger partial charge in [-0.2, -0.15) is 0 Å². The van der Waals surface area contributed by atoms with Gasteiger partial charge in [-0.15, -0.1) is 0 Å². The van der Waals surface area contributed by atoms with Crippen molar-refractivity contribution in [3.8, 4) is 0 Å². The molecule has 1 aromatic heterocycles. The summed E-state index contributed by atoms with van der Waals surface area (Å²) in [5.41, 5.74) is 2.72. The third-order valence-electron chi connectivity index (χ3n) is 3.91. The van der Waals surface area contributed by atoms with Gasteiger partial charge in [-0.25, -0.2) is 0 Å². The number of nitrogens with zero attached hydrogens (tertiary/aromatic N) is 2. The summed E-state index contributed by atoms with van der Waals surface area (Å²) in [5.74, 6) is -0.0657. The first-order valence-corrected chi connectivity index (χ1v) is 6.23. The van der Waals surface area contributed by atoms with Gasteiger partial charge in [0.15, 0.2) is 0 Å². The summed E-state index contributed by atoms with van der Waals surface area (Å²) >= 11 is 0. The van der Waals surface area contributed by atoms with Gasteiger partial charge in [-0.3, -0.25) is 0 Å². The molecule has 100 valence electrons. The Kier molecular flexibility index (Phi) is 2.17. The number of aliphatic hydroxyl groups is 1. The van der Waals surface area contributed by atoms with E-state index in [9.17, 15) is 13.7 Å². The van der Waals surface area contributed by atoms with Crippen LogP contribution in [0.5, 0.6) is 0 Å². The molecule has 0 radical (unpaired) electrons. The van der Waals surface area contributed by atoms with Gasteiger partial charge in [0.25, 0.3) is 0 Å². The molecule has 0 saturated carbocycles. The summed E-state index contributed by atoms with van der Waals surface area (Å²) in [4.78, 5) is 0. The predicted molar refractivity (Wildman–Crippen MR) is 71.5 cm³/mol. The highest BCUT2D eigenvalue weighted by molar-refractivity contribution is 6.58. The van der Waals surface area contributed by atoms with E-state index in [4.69, 9.17) is 0 Å². The Morgan fingerprint density at radius 1 is 1.21 bits per heavy atom. The normalized spacial score (nSPS) is 20.6. The van der Waals surface area contributed by atoms with Crippen LogP contribution in [0.1, 0.15) is 30.8 Å². The maximum Gasteiger partial charge on any atom is 0.737 e. The molecule has 0 bridgehead atoms. The van der Waals surface area contributed by atoms with E-state index < -0.39 is 6.97 Å². The molecule has 0 atom stereocenters. The Morgan fingerprint density at radius 2 is 1.84 bits per heavy atom. The Hall–Kier alpha value is -1.85. The lowest BCUT2D eigenvalue weighted by molar-refractivity contribution is -0.365. The molecule has 3 heterocycles. The third-order valence-corrected chi connectivity index (χ3v) is 3.91. The van der Waals surface area contributed by atoms with Gasteiger partial charge in [-0.1, -0.05) is 0 Å². The molecule has 2 aliphatic heterocycles. The van der Waals surface area contributed by atoms with Crippen molar-refractivity contribution in [2.45, 2.75) is 27.7 Å². The van der Waals surface area contributed by atoms with Crippen LogP contribution < -0.4 is 0 Å². The predicted octanol–water partition coefficient (Wildman–Crippen LogP) is 3.00. The molecule has 0 aliphatic carbocycles. The minimum absolute atomic E-state index is 0.0657. The highest BCUT2D eigenvalue weighted by Gasteiger charge is 2.55. The second-order valence-electron chi connectivity index (χ2n) is 5.31. The number of aryl methyl sites for hydroxylation is 2. The van der Waals surface area contributed by atoms with Crippen molar-refractivity contribution >= 4 is 18.4 Å². The lowest BCUT2D eigenvalue weighted by Gasteiger charge is -2.31. The van der Waals surface area contributed by atoms with Gasteiger partial charge in [-0.05, 0) is 38.1 Å². The van der Waals surface area contributed by atoms with Crippen LogP contribution in [0.25, 0.3) is 5.76 Å². The summed E-state index contributed by atoms with van der Waals surface area (Å²) in [7, 11) is 0. The molecular formula is C13H15BF2N2O. The molecule has 1 N–H and O–H groups in total. The first-order chi connectivity index (χ1) is 8.76. The molecule has 6 heteroatoms. The Morgan fingerprint density at radius 3 is 2.47 bits per heavy atom. The second kappa shape index (κ2) is 3.38. The monoisotopic (exact) mass is 264 g/mol. The molecule has 0 unspecified atom stereocenters. The van der Waals surface area contributed by atoms with Gasteiger partial charge in [0.1, 0.15) is 5.71 Å². The number of rotatable bonds is 0. The van der Waals surface area contributed by atoms with Crippen LogP contribution in [-0.2, 0) is 0 Å². The minimum atomic E-state index is -3.95. The van der Waals surface area contributed by atoms with Crippen molar-refractivity contribution in [1.29, 1.82) is 0 Å². The molecule has 0 saturated heterocycles. The zero-order valence-corrected chi connectivity index (χ0v) is 11.3. The molecule has 0 spiro atoms.